The van der Waals surface area contributed by atoms with E-state index in [9.17, 15) is 5.11 Å². The van der Waals surface area contributed by atoms with E-state index in [2.05, 4.69) is 15.5 Å². The molecule has 0 amide bonds. The van der Waals surface area contributed by atoms with Gasteiger partial charge in [0.1, 0.15) is 18.1 Å². The van der Waals surface area contributed by atoms with Crippen molar-refractivity contribution in [3.8, 4) is 11.5 Å². The Balaban J connectivity index is 1.59. The number of hydrogen-bond donors (Lipinski definition) is 2. The van der Waals surface area contributed by atoms with Gasteiger partial charge < -0.3 is 19.7 Å². The molecule has 1 aromatic carbocycles. The molecule has 6 nitrogen and oxygen atoms in total. The van der Waals surface area contributed by atoms with Gasteiger partial charge in [0.2, 0.25) is 5.89 Å². The second-order valence-corrected chi connectivity index (χ2v) is 4.12. The summed E-state index contributed by atoms with van der Waals surface area (Å²) in [5.41, 5.74) is 1.07. The third-order valence-electron chi connectivity index (χ3n) is 2.91. The van der Waals surface area contributed by atoms with Gasteiger partial charge >= 0.3 is 0 Å². The van der Waals surface area contributed by atoms with Gasteiger partial charge in [0.25, 0.3) is 0 Å². The molecule has 0 saturated carbocycles. The minimum atomic E-state index is 0.142. The lowest BCUT2D eigenvalue weighted by atomic mass is 10.1. The number of nitrogens with one attached hydrogen (secondary N) is 1. The molecular formula is C12H13N3O3. The molecule has 0 spiro atoms. The Morgan fingerprint density at radius 1 is 1.44 bits per heavy atom. The van der Waals surface area contributed by atoms with Crippen molar-refractivity contribution in [2.75, 3.05) is 13.2 Å². The van der Waals surface area contributed by atoms with Crippen molar-refractivity contribution in [3.63, 3.8) is 0 Å². The zero-order valence-electron chi connectivity index (χ0n) is 9.67. The van der Waals surface area contributed by atoms with Gasteiger partial charge in [0.05, 0.1) is 6.04 Å². The summed E-state index contributed by atoms with van der Waals surface area (Å²) in [5.74, 6) is 1.58. The van der Waals surface area contributed by atoms with E-state index in [0.717, 1.165) is 17.9 Å². The molecule has 0 saturated heterocycles. The van der Waals surface area contributed by atoms with Gasteiger partial charge in [0.15, 0.2) is 6.33 Å². The van der Waals surface area contributed by atoms with Crippen LogP contribution in [0.25, 0.3) is 0 Å². The monoisotopic (exact) mass is 247 g/mol. The van der Waals surface area contributed by atoms with Crippen molar-refractivity contribution in [1.29, 1.82) is 0 Å². The summed E-state index contributed by atoms with van der Waals surface area (Å²) in [4.78, 5) is 3.95. The van der Waals surface area contributed by atoms with Crippen molar-refractivity contribution in [1.82, 2.24) is 15.5 Å². The van der Waals surface area contributed by atoms with E-state index in [-0.39, 0.29) is 11.8 Å². The SMILES string of the molecule is Oc1ccc2c(c1)OCC2NCCc1ncno1. The van der Waals surface area contributed by atoms with Gasteiger partial charge in [-0.3, -0.25) is 0 Å². The van der Waals surface area contributed by atoms with E-state index in [1.807, 2.05) is 6.07 Å². The van der Waals surface area contributed by atoms with Gasteiger partial charge in [-0.25, -0.2) is 0 Å². The molecule has 0 bridgehead atoms. The van der Waals surface area contributed by atoms with Crippen LogP contribution in [-0.2, 0) is 6.42 Å². The van der Waals surface area contributed by atoms with Crippen molar-refractivity contribution in [3.05, 3.63) is 36.0 Å². The van der Waals surface area contributed by atoms with E-state index < -0.39 is 0 Å². The van der Waals surface area contributed by atoms with Crippen LogP contribution >= 0.6 is 0 Å². The smallest absolute Gasteiger partial charge is 0.227 e. The standard InChI is InChI=1S/C12H13N3O3/c16-8-1-2-9-10(6-17-11(9)5-8)13-4-3-12-14-7-15-18-12/h1-2,5,7,10,13,16H,3-4,6H2. The highest BCUT2D eigenvalue weighted by Gasteiger charge is 2.23. The molecule has 1 aliphatic rings. The number of nitrogens with zero attached hydrogens (tertiary/aromatic N) is 2. The molecule has 2 aromatic rings. The summed E-state index contributed by atoms with van der Waals surface area (Å²) in [5, 5.41) is 16.3. The lowest BCUT2D eigenvalue weighted by Gasteiger charge is -2.10. The molecular weight excluding hydrogens is 234 g/mol. The number of phenolic OH excluding ortho intramolecular Hbond substituents is 1. The third-order valence-corrected chi connectivity index (χ3v) is 2.91. The van der Waals surface area contributed by atoms with Crippen molar-refractivity contribution in [2.45, 2.75) is 12.5 Å². The van der Waals surface area contributed by atoms with E-state index in [4.69, 9.17) is 9.26 Å². The van der Waals surface area contributed by atoms with Crippen LogP contribution in [0.1, 0.15) is 17.5 Å². The first-order valence-electron chi connectivity index (χ1n) is 5.77. The molecule has 1 aliphatic heterocycles. The minimum absolute atomic E-state index is 0.142. The van der Waals surface area contributed by atoms with Gasteiger partial charge in [0, 0.05) is 24.6 Å². The van der Waals surface area contributed by atoms with E-state index in [0.29, 0.717) is 18.9 Å². The maximum Gasteiger partial charge on any atom is 0.227 e. The van der Waals surface area contributed by atoms with E-state index in [1.165, 1.54) is 6.33 Å². The second-order valence-electron chi connectivity index (χ2n) is 4.12. The quantitative estimate of drug-likeness (QED) is 0.840. The fourth-order valence-corrected chi connectivity index (χ4v) is 2.03. The lowest BCUT2D eigenvalue weighted by Crippen LogP contribution is -2.24. The number of fused-ring (bicyclic) bond motifs is 1. The number of hydrogen-bond acceptors (Lipinski definition) is 6. The third kappa shape index (κ3) is 2.14. The largest absolute Gasteiger partial charge is 0.508 e. The molecule has 1 atom stereocenters. The van der Waals surface area contributed by atoms with Gasteiger partial charge in [-0.1, -0.05) is 5.16 Å². The van der Waals surface area contributed by atoms with Crippen LogP contribution in [0, 0.1) is 0 Å². The first-order chi connectivity index (χ1) is 8.83. The maximum absolute atomic E-state index is 9.36. The molecule has 18 heavy (non-hydrogen) atoms. The number of phenols is 1. The van der Waals surface area contributed by atoms with Gasteiger partial charge in [-0.05, 0) is 12.1 Å². The molecule has 6 heteroatoms. The Morgan fingerprint density at radius 2 is 2.39 bits per heavy atom. The second kappa shape index (κ2) is 4.66. The highest BCUT2D eigenvalue weighted by Crippen LogP contribution is 2.34. The van der Waals surface area contributed by atoms with E-state index >= 15 is 0 Å². The minimum Gasteiger partial charge on any atom is -0.508 e. The fourth-order valence-electron chi connectivity index (χ4n) is 2.03. The molecule has 94 valence electrons. The molecule has 2 N–H and O–H groups in total. The van der Waals surface area contributed by atoms with Crippen LogP contribution in [0.5, 0.6) is 11.5 Å². The highest BCUT2D eigenvalue weighted by molar-refractivity contribution is 5.44. The van der Waals surface area contributed by atoms with E-state index in [1.54, 1.807) is 12.1 Å². The Hall–Kier alpha value is -2.08. The van der Waals surface area contributed by atoms with Gasteiger partial charge in [-0.15, -0.1) is 0 Å². The van der Waals surface area contributed by atoms with Crippen LogP contribution in [0.4, 0.5) is 0 Å². The van der Waals surface area contributed by atoms with Crippen LogP contribution in [0.2, 0.25) is 0 Å². The van der Waals surface area contributed by atoms with Crippen molar-refractivity contribution < 1.29 is 14.4 Å². The summed E-state index contributed by atoms with van der Waals surface area (Å²) in [6.45, 7) is 1.30. The zero-order valence-corrected chi connectivity index (χ0v) is 9.67. The Kier molecular flexibility index (Phi) is 2.85. The fraction of sp³-hybridized carbons (Fsp3) is 0.333. The average molecular weight is 247 g/mol. The molecule has 3 rings (SSSR count). The topological polar surface area (TPSA) is 80.4 Å². The summed E-state index contributed by atoms with van der Waals surface area (Å²) in [6.07, 6.45) is 2.08. The number of benzene rings is 1. The average Bonchev–Trinajstić information content (AvgIpc) is 2.99. The van der Waals surface area contributed by atoms with Crippen LogP contribution in [0.15, 0.2) is 29.0 Å². The Labute approximate surface area is 104 Å². The normalized spacial score (nSPS) is 17.4. The number of rotatable bonds is 4. The summed E-state index contributed by atoms with van der Waals surface area (Å²) in [7, 11) is 0. The highest BCUT2D eigenvalue weighted by atomic mass is 16.5. The molecule has 0 fully saturated rings. The number of aromatic hydroxyl groups is 1. The van der Waals surface area contributed by atoms with Crippen molar-refractivity contribution in [2.24, 2.45) is 0 Å². The van der Waals surface area contributed by atoms with Gasteiger partial charge in [-0.2, -0.15) is 4.98 Å². The van der Waals surface area contributed by atoms with Crippen LogP contribution in [-0.4, -0.2) is 28.4 Å². The lowest BCUT2D eigenvalue weighted by molar-refractivity contribution is 0.307. The molecule has 2 heterocycles. The first kappa shape index (κ1) is 11.0. The predicted molar refractivity (Wildman–Crippen MR) is 62.3 cm³/mol. The Bertz CT molecular complexity index is 527. The van der Waals surface area contributed by atoms with Crippen molar-refractivity contribution >= 4 is 0 Å². The molecule has 0 radical (unpaired) electrons. The first-order valence-corrected chi connectivity index (χ1v) is 5.77. The summed E-state index contributed by atoms with van der Waals surface area (Å²) < 4.78 is 10.4. The summed E-state index contributed by atoms with van der Waals surface area (Å²) >= 11 is 0. The maximum atomic E-state index is 9.36. The predicted octanol–water partition coefficient (Wildman–Crippen LogP) is 1.04. The Morgan fingerprint density at radius 3 is 3.22 bits per heavy atom. The molecule has 0 aliphatic carbocycles. The number of ether oxygens (including phenoxy) is 1. The van der Waals surface area contributed by atoms with Crippen LogP contribution in [0.3, 0.4) is 0 Å². The molecule has 1 unspecified atom stereocenters. The summed E-state index contributed by atoms with van der Waals surface area (Å²) in [6, 6.07) is 5.32. The van der Waals surface area contributed by atoms with Crippen LogP contribution < -0.4 is 10.1 Å². The zero-order chi connectivity index (χ0) is 12.4. The molecule has 1 aromatic heterocycles. The number of aromatic nitrogens is 2.